The van der Waals surface area contributed by atoms with Gasteiger partial charge in [0.25, 0.3) is 17.4 Å². The van der Waals surface area contributed by atoms with E-state index in [1.807, 2.05) is 6.92 Å². The number of imide groups is 1. The number of hydrogen-bond donors (Lipinski definition) is 6. The Bertz CT molecular complexity index is 2570. The lowest BCUT2D eigenvalue weighted by molar-refractivity contribution is -0.157. The molecular weight excluding hydrogens is 840 g/mol. The Kier molecular flexibility index (Phi) is 13.3. The molecule has 7 amide bonds. The minimum Gasteiger partial charge on any atom is -0.458 e. The lowest BCUT2D eigenvalue weighted by Gasteiger charge is -2.37. The molecule has 64 heavy (non-hydrogen) atoms. The molecule has 20 nitrogen and oxygen atoms in total. The van der Waals surface area contributed by atoms with Crippen LogP contribution >= 0.6 is 0 Å². The number of nitrogens with zero attached hydrogens (tertiary/aromatic N) is 3. The molecule has 5 heterocycles. The van der Waals surface area contributed by atoms with E-state index in [1.165, 1.54) is 22.8 Å². The summed E-state index contributed by atoms with van der Waals surface area (Å²) >= 11 is 0. The van der Waals surface area contributed by atoms with Crippen LogP contribution in [0.5, 0.6) is 0 Å². The number of aliphatic hydroxyl groups is 1. The van der Waals surface area contributed by atoms with Gasteiger partial charge in [0.15, 0.2) is 6.10 Å². The number of carbonyl (C=O) groups is 8. The normalized spacial score (nSPS) is 18.0. The van der Waals surface area contributed by atoms with Gasteiger partial charge in [0.2, 0.25) is 29.5 Å². The molecule has 6 N–H and O–H groups in total. The van der Waals surface area contributed by atoms with Crippen molar-refractivity contribution in [2.45, 2.75) is 77.0 Å². The summed E-state index contributed by atoms with van der Waals surface area (Å²) < 4.78 is 27.8. The van der Waals surface area contributed by atoms with E-state index in [-0.39, 0.29) is 74.8 Å². The Morgan fingerprint density at radius 2 is 1.48 bits per heavy atom. The summed E-state index contributed by atoms with van der Waals surface area (Å²) in [6, 6.07) is 2.92. The molecule has 338 valence electrons. The van der Waals surface area contributed by atoms with Crippen molar-refractivity contribution in [3.8, 4) is 11.4 Å². The quantitative estimate of drug-likeness (QED) is 0.0310. The Balaban J connectivity index is 0.837. The molecule has 0 spiro atoms. The SMILES string of the molecule is Cc1c(F)cc2nc3c(c4c2c1CC[C@@]4(C)COCNC(=O)CNC(=O)CNC(=O)CNC(=O)CNC(=O)CCCCCN1C(=O)C=CC1=O)Cn1c-3cc2c(c1=O)COC(=O)C2O. The third kappa shape index (κ3) is 9.39. The number of benzene rings is 1. The van der Waals surface area contributed by atoms with E-state index in [9.17, 15) is 48.3 Å². The zero-order valence-electron chi connectivity index (χ0n) is 35.2. The van der Waals surface area contributed by atoms with Crippen LogP contribution in [0.4, 0.5) is 4.39 Å². The number of cyclic esters (lactones) is 1. The first-order valence-corrected chi connectivity index (χ1v) is 20.8. The summed E-state index contributed by atoms with van der Waals surface area (Å²) in [4.78, 5) is 116. The van der Waals surface area contributed by atoms with E-state index in [1.54, 1.807) is 13.0 Å². The molecule has 21 heteroatoms. The van der Waals surface area contributed by atoms with E-state index in [4.69, 9.17) is 14.5 Å². The predicted molar refractivity (Wildman–Crippen MR) is 221 cm³/mol. The predicted octanol–water partition coefficient (Wildman–Crippen LogP) is -0.793. The van der Waals surface area contributed by atoms with Crippen molar-refractivity contribution in [2.24, 2.45) is 0 Å². The molecule has 1 aliphatic carbocycles. The molecule has 0 radical (unpaired) electrons. The number of aryl methyl sites for hydroxylation is 1. The van der Waals surface area contributed by atoms with Gasteiger partial charge in [-0.2, -0.15) is 0 Å². The molecule has 7 rings (SSSR count). The fourth-order valence-electron chi connectivity index (χ4n) is 8.43. The molecule has 2 atom stereocenters. The third-order valence-electron chi connectivity index (χ3n) is 11.9. The fraction of sp³-hybridized carbons (Fsp3) is 0.442. The number of aromatic nitrogens is 2. The number of halogens is 1. The maximum Gasteiger partial charge on any atom is 0.340 e. The van der Waals surface area contributed by atoms with Gasteiger partial charge < -0.3 is 45.7 Å². The Hall–Kier alpha value is -6.87. The Labute approximate surface area is 364 Å². The topological polar surface area (TPSA) is 274 Å². The Morgan fingerprint density at radius 3 is 2.14 bits per heavy atom. The lowest BCUT2D eigenvalue weighted by atomic mass is 9.69. The zero-order valence-corrected chi connectivity index (χ0v) is 35.2. The lowest BCUT2D eigenvalue weighted by Crippen LogP contribution is -2.45. The standard InChI is InChI=1S/C43H47FN8O12/c1-22-23-9-10-43(2,38-25-18-52-29(39(25)50-28(37(23)38)13-27(22)44)12-24-26(41(52)61)19-64-42(62)40(24)60)20-63-21-49-34(57)17-48-33(56)16-47-32(55)15-46-31(54)14-45-30(53)6-4-3-5-11-51-35(58)7-8-36(51)59/h7-8,12-13,40,60H,3-6,9-11,14-21H2,1-2H3,(H,45,53)(H,46,54)(H,47,55)(H,48,56)(H,49,57)/t40?,43-/m0/s1. The van der Waals surface area contributed by atoms with Crippen molar-refractivity contribution < 1.29 is 57.3 Å². The van der Waals surface area contributed by atoms with Crippen LogP contribution < -0.4 is 32.1 Å². The molecule has 0 fully saturated rings. The van der Waals surface area contributed by atoms with Crippen LogP contribution in [0.2, 0.25) is 0 Å². The molecule has 3 aromatic rings. The van der Waals surface area contributed by atoms with E-state index in [0.29, 0.717) is 54.6 Å². The summed E-state index contributed by atoms with van der Waals surface area (Å²) in [5, 5.41) is 23.4. The number of nitrogens with one attached hydrogen (secondary N) is 5. The van der Waals surface area contributed by atoms with E-state index in [0.717, 1.165) is 27.0 Å². The minimum atomic E-state index is -1.63. The van der Waals surface area contributed by atoms with E-state index >= 15 is 4.39 Å². The highest BCUT2D eigenvalue weighted by Crippen LogP contribution is 2.48. The van der Waals surface area contributed by atoms with E-state index in [2.05, 4.69) is 26.6 Å². The number of aliphatic hydroxyl groups excluding tert-OH is 1. The number of rotatable bonds is 18. The maximum absolute atomic E-state index is 15.2. The number of amides is 7. The van der Waals surface area contributed by atoms with Gasteiger partial charge in [-0.25, -0.2) is 14.2 Å². The summed E-state index contributed by atoms with van der Waals surface area (Å²) in [6.07, 6.45) is 3.56. The Morgan fingerprint density at radius 1 is 0.859 bits per heavy atom. The van der Waals surface area contributed by atoms with Crippen molar-refractivity contribution in [1.29, 1.82) is 0 Å². The van der Waals surface area contributed by atoms with Crippen LogP contribution in [0.3, 0.4) is 0 Å². The van der Waals surface area contributed by atoms with Gasteiger partial charge in [-0.3, -0.25) is 43.3 Å². The molecular formula is C43H47FN8O12. The van der Waals surface area contributed by atoms with Crippen LogP contribution in [-0.2, 0) is 72.8 Å². The second-order valence-corrected chi connectivity index (χ2v) is 16.3. The monoisotopic (exact) mass is 886 g/mol. The second-order valence-electron chi connectivity index (χ2n) is 16.3. The summed E-state index contributed by atoms with van der Waals surface area (Å²) in [6.45, 7) is 1.93. The summed E-state index contributed by atoms with van der Waals surface area (Å²) in [5.74, 6) is -4.97. The van der Waals surface area contributed by atoms with Gasteiger partial charge in [-0.1, -0.05) is 13.3 Å². The molecule has 3 aliphatic heterocycles. The molecule has 0 bridgehead atoms. The van der Waals surface area contributed by atoms with Gasteiger partial charge >= 0.3 is 5.97 Å². The number of esters is 1. The number of ether oxygens (including phenoxy) is 2. The van der Waals surface area contributed by atoms with Crippen molar-refractivity contribution in [3.05, 3.63) is 73.8 Å². The average molecular weight is 887 g/mol. The highest BCUT2D eigenvalue weighted by atomic mass is 19.1. The smallest absolute Gasteiger partial charge is 0.340 e. The number of hydrogen-bond acceptors (Lipinski definition) is 13. The number of fused-ring (bicyclic) bond motifs is 5. The molecule has 4 aliphatic rings. The molecule has 0 saturated heterocycles. The number of pyridine rings is 2. The highest BCUT2D eigenvalue weighted by molar-refractivity contribution is 6.12. The van der Waals surface area contributed by atoms with Gasteiger partial charge in [0.05, 0.1) is 61.8 Å². The van der Waals surface area contributed by atoms with Gasteiger partial charge in [0, 0.05) is 53.1 Å². The van der Waals surface area contributed by atoms with Crippen molar-refractivity contribution >= 4 is 58.2 Å². The molecule has 1 aromatic carbocycles. The average Bonchev–Trinajstić information content (AvgIpc) is 3.80. The van der Waals surface area contributed by atoms with Gasteiger partial charge in [0.1, 0.15) is 19.2 Å². The number of carbonyl (C=O) groups excluding carboxylic acids is 8. The van der Waals surface area contributed by atoms with Gasteiger partial charge in [-0.05, 0) is 55.4 Å². The first kappa shape index (κ1) is 45.2. The third-order valence-corrected chi connectivity index (χ3v) is 11.9. The van der Waals surface area contributed by atoms with E-state index < -0.39 is 72.1 Å². The largest absolute Gasteiger partial charge is 0.458 e. The second kappa shape index (κ2) is 18.9. The van der Waals surface area contributed by atoms with Crippen LogP contribution in [0.25, 0.3) is 22.3 Å². The minimum absolute atomic E-state index is 0.103. The van der Waals surface area contributed by atoms with Crippen molar-refractivity contribution in [2.75, 3.05) is 46.1 Å². The summed E-state index contributed by atoms with van der Waals surface area (Å²) in [5.41, 5.74) is 3.22. The van der Waals surface area contributed by atoms with Crippen LogP contribution in [0.1, 0.15) is 78.5 Å². The van der Waals surface area contributed by atoms with Crippen LogP contribution in [0.15, 0.2) is 29.1 Å². The zero-order chi connectivity index (χ0) is 45.9. The summed E-state index contributed by atoms with van der Waals surface area (Å²) in [7, 11) is 0. The maximum atomic E-state index is 15.2. The number of unbranched alkanes of at least 4 members (excludes halogenated alkanes) is 2. The van der Waals surface area contributed by atoms with Gasteiger partial charge in [-0.15, -0.1) is 0 Å². The van der Waals surface area contributed by atoms with Crippen LogP contribution in [0, 0.1) is 12.7 Å². The highest BCUT2D eigenvalue weighted by Gasteiger charge is 2.41. The van der Waals surface area contributed by atoms with Crippen molar-refractivity contribution in [1.82, 2.24) is 41.0 Å². The first-order chi connectivity index (χ1) is 30.6. The molecule has 2 aromatic heterocycles. The molecule has 1 unspecified atom stereocenters. The van der Waals surface area contributed by atoms with Crippen LogP contribution in [-0.4, -0.2) is 113 Å². The first-order valence-electron chi connectivity index (χ1n) is 20.8. The van der Waals surface area contributed by atoms with Crippen molar-refractivity contribution in [3.63, 3.8) is 0 Å². The molecule has 0 saturated carbocycles. The fourth-order valence-corrected chi connectivity index (χ4v) is 8.43.